The maximum Gasteiger partial charge on any atom is 0.324 e. The van der Waals surface area contributed by atoms with Crippen LogP contribution in [0, 0.1) is 10.1 Å². The third-order valence-electron chi connectivity index (χ3n) is 6.01. The minimum atomic E-state index is -0.469. The highest BCUT2D eigenvalue weighted by Crippen LogP contribution is 2.29. The summed E-state index contributed by atoms with van der Waals surface area (Å²) in [5.41, 5.74) is 2.80. The lowest BCUT2D eigenvalue weighted by atomic mass is 9.91. The summed E-state index contributed by atoms with van der Waals surface area (Å²) in [4.78, 5) is 34.4. The molecule has 0 saturated heterocycles. The van der Waals surface area contributed by atoms with Crippen molar-refractivity contribution < 1.29 is 9.72 Å². The smallest absolute Gasteiger partial charge is 0.324 e. The number of halogens is 1. The molecule has 0 aliphatic heterocycles. The number of carbonyl (C=O) groups excluding carboxylic acids is 1. The van der Waals surface area contributed by atoms with Crippen molar-refractivity contribution in [2.45, 2.75) is 63.5 Å². The molecule has 2 aliphatic rings. The van der Waals surface area contributed by atoms with E-state index in [4.69, 9.17) is 9.97 Å². The molecule has 2 aromatic rings. The summed E-state index contributed by atoms with van der Waals surface area (Å²) >= 11 is 0.975. The Kier molecular flexibility index (Phi) is 7.89. The number of aryl methyl sites for hydroxylation is 1. The zero-order chi connectivity index (χ0) is 22.0. The first-order chi connectivity index (χ1) is 14.9. The van der Waals surface area contributed by atoms with Crippen molar-refractivity contribution in [1.29, 1.82) is 0 Å². The summed E-state index contributed by atoms with van der Waals surface area (Å²) in [7, 11) is 4.05. The average molecular weight is 481 g/mol. The van der Waals surface area contributed by atoms with E-state index in [1.54, 1.807) is 0 Å². The van der Waals surface area contributed by atoms with Crippen LogP contribution in [-0.4, -0.2) is 47.0 Å². The van der Waals surface area contributed by atoms with Crippen LogP contribution in [0.3, 0.4) is 0 Å². The molecule has 9 nitrogen and oxygen atoms in total. The molecule has 2 heterocycles. The number of rotatable bonds is 6. The largest absolute Gasteiger partial charge is 0.362 e. The first-order valence-electron chi connectivity index (χ1n) is 10.8. The summed E-state index contributed by atoms with van der Waals surface area (Å²) in [6.45, 7) is 0. The second kappa shape index (κ2) is 10.4. The standard InChI is InChI=1S/C21H28N6O3S.ClH/c1-26(2)19-16-5-3-4-6-17(16)24-21(25-19)23-15-9-7-14(8-10-15)22-20(28)13-11-18(27(29)30)31-12-13;/h11-12,14-15H,3-10H2,1-2H3,(H,22,28)(H,23,24,25);1H. The minimum Gasteiger partial charge on any atom is -0.362 e. The number of amides is 1. The van der Waals surface area contributed by atoms with Crippen LogP contribution in [0.5, 0.6) is 0 Å². The highest BCUT2D eigenvalue weighted by Gasteiger charge is 2.25. The van der Waals surface area contributed by atoms with E-state index >= 15 is 0 Å². The van der Waals surface area contributed by atoms with Gasteiger partial charge in [-0.05, 0) is 51.4 Å². The molecule has 0 unspecified atom stereocenters. The summed E-state index contributed by atoms with van der Waals surface area (Å²) in [5, 5.41) is 18.9. The summed E-state index contributed by atoms with van der Waals surface area (Å²) in [6.07, 6.45) is 7.93. The number of carbonyl (C=O) groups is 1. The Bertz CT molecular complexity index is 974. The van der Waals surface area contributed by atoms with Gasteiger partial charge in [0.1, 0.15) is 5.82 Å². The number of anilines is 2. The molecule has 0 radical (unpaired) electrons. The predicted molar refractivity (Wildman–Crippen MR) is 128 cm³/mol. The molecule has 2 aromatic heterocycles. The molecule has 11 heteroatoms. The lowest BCUT2D eigenvalue weighted by Crippen LogP contribution is -2.40. The molecule has 1 fully saturated rings. The molecule has 1 saturated carbocycles. The van der Waals surface area contributed by atoms with Crippen LogP contribution in [0.15, 0.2) is 11.4 Å². The molecule has 1 amide bonds. The Morgan fingerprint density at radius 2 is 1.84 bits per heavy atom. The van der Waals surface area contributed by atoms with Crippen molar-refractivity contribution in [3.8, 4) is 0 Å². The van der Waals surface area contributed by atoms with E-state index in [1.165, 1.54) is 35.5 Å². The molecule has 32 heavy (non-hydrogen) atoms. The predicted octanol–water partition coefficient (Wildman–Crippen LogP) is 3.97. The lowest BCUT2D eigenvalue weighted by molar-refractivity contribution is -0.380. The summed E-state index contributed by atoms with van der Waals surface area (Å²) in [6, 6.07) is 1.68. The number of nitro groups is 1. The third kappa shape index (κ3) is 5.47. The highest BCUT2D eigenvalue weighted by atomic mass is 35.5. The fraction of sp³-hybridized carbons (Fsp3) is 0.571. The number of aromatic nitrogens is 2. The second-order valence-corrected chi connectivity index (χ2v) is 9.38. The Hall–Kier alpha value is -2.46. The monoisotopic (exact) mass is 480 g/mol. The van der Waals surface area contributed by atoms with E-state index in [2.05, 4.69) is 15.5 Å². The SMILES string of the molecule is CN(C)c1nc(NC2CCC(NC(=O)c3csc([N+](=O)[O-])c3)CC2)nc2c1CCCC2.Cl. The zero-order valence-corrected chi connectivity index (χ0v) is 19.9. The molecule has 0 aromatic carbocycles. The van der Waals surface area contributed by atoms with Crippen LogP contribution in [-0.2, 0) is 12.8 Å². The van der Waals surface area contributed by atoms with Crippen LogP contribution in [0.4, 0.5) is 16.8 Å². The van der Waals surface area contributed by atoms with Crippen LogP contribution >= 0.6 is 23.7 Å². The molecule has 174 valence electrons. The molecule has 0 spiro atoms. The summed E-state index contributed by atoms with van der Waals surface area (Å²) in [5.74, 6) is 1.47. The van der Waals surface area contributed by atoms with Gasteiger partial charge < -0.3 is 15.5 Å². The molecular weight excluding hydrogens is 452 g/mol. The van der Waals surface area contributed by atoms with Crippen molar-refractivity contribution in [2.75, 3.05) is 24.3 Å². The van der Waals surface area contributed by atoms with Gasteiger partial charge in [-0.2, -0.15) is 4.98 Å². The van der Waals surface area contributed by atoms with Gasteiger partial charge in [0.2, 0.25) is 5.95 Å². The van der Waals surface area contributed by atoms with Gasteiger partial charge in [0.25, 0.3) is 5.91 Å². The molecule has 4 rings (SSSR count). The van der Waals surface area contributed by atoms with Crippen molar-refractivity contribution in [3.63, 3.8) is 0 Å². The normalized spacial score (nSPS) is 19.9. The maximum atomic E-state index is 12.4. The lowest BCUT2D eigenvalue weighted by Gasteiger charge is -2.30. The minimum absolute atomic E-state index is 0. The maximum absolute atomic E-state index is 12.4. The number of thiophene rings is 1. The van der Waals surface area contributed by atoms with E-state index in [0.29, 0.717) is 11.5 Å². The topological polar surface area (TPSA) is 113 Å². The average Bonchev–Trinajstić information content (AvgIpc) is 3.25. The zero-order valence-electron chi connectivity index (χ0n) is 18.3. The van der Waals surface area contributed by atoms with Crippen molar-refractivity contribution in [1.82, 2.24) is 15.3 Å². The number of nitrogens with one attached hydrogen (secondary N) is 2. The van der Waals surface area contributed by atoms with Crippen LogP contribution < -0.4 is 15.5 Å². The molecular formula is C21H29ClN6O3S. The van der Waals surface area contributed by atoms with Gasteiger partial charge in [-0.15, -0.1) is 12.4 Å². The third-order valence-corrected chi connectivity index (χ3v) is 6.89. The van der Waals surface area contributed by atoms with Gasteiger partial charge in [-0.25, -0.2) is 4.98 Å². The second-order valence-electron chi connectivity index (χ2n) is 8.49. The van der Waals surface area contributed by atoms with Gasteiger partial charge >= 0.3 is 5.00 Å². The number of nitrogens with zero attached hydrogens (tertiary/aromatic N) is 4. The van der Waals surface area contributed by atoms with Crippen molar-refractivity contribution >= 4 is 46.4 Å². The van der Waals surface area contributed by atoms with Gasteiger partial charge in [-0.1, -0.05) is 11.3 Å². The Morgan fingerprint density at radius 1 is 1.16 bits per heavy atom. The van der Waals surface area contributed by atoms with Crippen LogP contribution in [0.1, 0.15) is 60.1 Å². The summed E-state index contributed by atoms with van der Waals surface area (Å²) < 4.78 is 0. The van der Waals surface area contributed by atoms with E-state index in [0.717, 1.165) is 55.7 Å². The van der Waals surface area contributed by atoms with Crippen LogP contribution in [0.2, 0.25) is 0 Å². The van der Waals surface area contributed by atoms with Crippen LogP contribution in [0.25, 0.3) is 0 Å². The highest BCUT2D eigenvalue weighted by molar-refractivity contribution is 7.13. The van der Waals surface area contributed by atoms with E-state index in [1.807, 2.05) is 14.1 Å². The van der Waals surface area contributed by atoms with Gasteiger partial charge in [0, 0.05) is 43.2 Å². The molecule has 2 N–H and O–H groups in total. The molecule has 2 aliphatic carbocycles. The van der Waals surface area contributed by atoms with E-state index < -0.39 is 4.92 Å². The van der Waals surface area contributed by atoms with Gasteiger partial charge in [-0.3, -0.25) is 14.9 Å². The first kappa shape index (κ1) is 24.2. The van der Waals surface area contributed by atoms with Crippen molar-refractivity contribution in [3.05, 3.63) is 38.4 Å². The quantitative estimate of drug-likeness (QED) is 0.475. The Morgan fingerprint density at radius 3 is 2.50 bits per heavy atom. The molecule has 0 bridgehead atoms. The first-order valence-corrected chi connectivity index (χ1v) is 11.7. The number of hydrogen-bond donors (Lipinski definition) is 2. The fourth-order valence-corrected chi connectivity index (χ4v) is 5.09. The van der Waals surface area contributed by atoms with E-state index in [-0.39, 0.29) is 35.4 Å². The number of fused-ring (bicyclic) bond motifs is 1. The Balaban J connectivity index is 0.00000289. The molecule has 0 atom stereocenters. The van der Waals surface area contributed by atoms with Crippen molar-refractivity contribution in [2.24, 2.45) is 0 Å². The fourth-order valence-electron chi connectivity index (χ4n) is 4.38. The van der Waals surface area contributed by atoms with Gasteiger partial charge in [0.05, 0.1) is 16.2 Å². The van der Waals surface area contributed by atoms with Gasteiger partial charge in [0.15, 0.2) is 0 Å². The number of hydrogen-bond acceptors (Lipinski definition) is 8. The van der Waals surface area contributed by atoms with E-state index in [9.17, 15) is 14.9 Å². The Labute approximate surface area is 197 Å².